The molecule has 1 fully saturated rings. The molecule has 7 nitrogen and oxygen atoms in total. The second-order valence-electron chi connectivity index (χ2n) is 7.36. The molecule has 0 saturated carbocycles. The van der Waals surface area contributed by atoms with Crippen LogP contribution in [0.3, 0.4) is 0 Å². The van der Waals surface area contributed by atoms with Crippen LogP contribution in [0, 0.1) is 0 Å². The molecule has 2 N–H and O–H groups in total. The molecule has 1 saturated heterocycles. The second-order valence-corrected chi connectivity index (χ2v) is 7.36. The summed E-state index contributed by atoms with van der Waals surface area (Å²) in [4.78, 5) is 16.1. The predicted molar refractivity (Wildman–Crippen MR) is 91.7 cm³/mol. The first-order valence-electron chi connectivity index (χ1n) is 8.15. The van der Waals surface area contributed by atoms with Crippen molar-refractivity contribution in [2.24, 2.45) is 7.05 Å². The summed E-state index contributed by atoms with van der Waals surface area (Å²) in [6, 6.07) is 0. The Morgan fingerprint density at radius 3 is 2.22 bits per heavy atom. The van der Waals surface area contributed by atoms with E-state index in [1.165, 1.54) is 0 Å². The fourth-order valence-electron chi connectivity index (χ4n) is 2.78. The summed E-state index contributed by atoms with van der Waals surface area (Å²) in [7, 11) is 1.91. The molecule has 7 heteroatoms. The van der Waals surface area contributed by atoms with Crippen molar-refractivity contribution in [2.75, 3.05) is 36.8 Å². The number of carbonyl (C=O) groups excluding carboxylic acids is 1. The number of hydrogen-bond acceptors (Lipinski definition) is 5. The fraction of sp³-hybridized carbons (Fsp3) is 0.750. The van der Waals surface area contributed by atoms with Crippen LogP contribution in [0.4, 0.5) is 16.3 Å². The summed E-state index contributed by atoms with van der Waals surface area (Å²) >= 11 is 0. The lowest BCUT2D eigenvalue weighted by atomic mass is 10.1. The van der Waals surface area contributed by atoms with Crippen LogP contribution in [-0.4, -0.2) is 52.6 Å². The highest BCUT2D eigenvalue weighted by Gasteiger charge is 2.28. The van der Waals surface area contributed by atoms with Gasteiger partial charge in [-0.05, 0) is 26.7 Å². The van der Waals surface area contributed by atoms with Gasteiger partial charge < -0.3 is 20.3 Å². The molecule has 0 aromatic carbocycles. The third-order valence-corrected chi connectivity index (χ3v) is 3.86. The number of hydrogen-bond donors (Lipinski definition) is 1. The van der Waals surface area contributed by atoms with Gasteiger partial charge >= 0.3 is 6.09 Å². The van der Waals surface area contributed by atoms with E-state index in [4.69, 9.17) is 10.5 Å². The minimum atomic E-state index is -0.465. The normalized spacial score (nSPS) is 16.1. The quantitative estimate of drug-likeness (QED) is 0.903. The highest BCUT2D eigenvalue weighted by atomic mass is 16.6. The van der Waals surface area contributed by atoms with Gasteiger partial charge in [-0.2, -0.15) is 5.10 Å². The van der Waals surface area contributed by atoms with E-state index in [-0.39, 0.29) is 12.0 Å². The number of nitrogens with zero attached hydrogens (tertiary/aromatic N) is 4. The van der Waals surface area contributed by atoms with E-state index in [2.05, 4.69) is 23.8 Å². The average Bonchev–Trinajstić information content (AvgIpc) is 2.72. The van der Waals surface area contributed by atoms with E-state index in [0.717, 1.165) is 30.3 Å². The molecule has 1 aromatic rings. The highest BCUT2D eigenvalue weighted by molar-refractivity contribution is 5.70. The average molecular weight is 323 g/mol. The lowest BCUT2D eigenvalue weighted by molar-refractivity contribution is 0.0240. The third kappa shape index (κ3) is 3.89. The number of aromatic nitrogens is 2. The van der Waals surface area contributed by atoms with Gasteiger partial charge in [0.2, 0.25) is 0 Å². The number of rotatable bonds is 2. The lowest BCUT2D eigenvalue weighted by Crippen LogP contribution is -2.50. The van der Waals surface area contributed by atoms with Crippen molar-refractivity contribution < 1.29 is 9.53 Å². The molecule has 23 heavy (non-hydrogen) atoms. The molecule has 0 radical (unpaired) electrons. The number of aryl methyl sites for hydroxylation is 1. The zero-order valence-electron chi connectivity index (χ0n) is 15.1. The Hall–Kier alpha value is -1.92. The number of nitrogens with two attached hydrogens (primary N) is 1. The van der Waals surface area contributed by atoms with Gasteiger partial charge in [-0.25, -0.2) is 4.79 Å². The monoisotopic (exact) mass is 323 g/mol. The summed E-state index contributed by atoms with van der Waals surface area (Å²) in [5.41, 5.74) is 7.49. The molecular formula is C16H29N5O2. The Morgan fingerprint density at radius 1 is 1.22 bits per heavy atom. The molecule has 1 amide bonds. The van der Waals surface area contributed by atoms with Crippen LogP contribution in [0.1, 0.15) is 46.2 Å². The minimum Gasteiger partial charge on any atom is -0.444 e. The van der Waals surface area contributed by atoms with E-state index in [1.54, 1.807) is 4.90 Å². The van der Waals surface area contributed by atoms with E-state index in [0.29, 0.717) is 13.1 Å². The number of carbonyl (C=O) groups is 1. The van der Waals surface area contributed by atoms with E-state index >= 15 is 0 Å². The molecule has 2 rings (SSSR count). The molecule has 1 aliphatic heterocycles. The summed E-state index contributed by atoms with van der Waals surface area (Å²) < 4.78 is 7.27. The van der Waals surface area contributed by atoms with Gasteiger partial charge in [0.1, 0.15) is 5.60 Å². The molecule has 1 aliphatic rings. The minimum absolute atomic E-state index is 0.252. The van der Waals surface area contributed by atoms with Gasteiger partial charge in [0.05, 0.1) is 11.4 Å². The zero-order chi connectivity index (χ0) is 17.4. The Morgan fingerprint density at radius 2 is 1.78 bits per heavy atom. The first kappa shape index (κ1) is 17.4. The summed E-state index contributed by atoms with van der Waals surface area (Å²) in [5.74, 6) is 1.23. The first-order valence-corrected chi connectivity index (χ1v) is 8.15. The molecule has 0 atom stereocenters. The Kier molecular flexibility index (Phi) is 4.77. The first-order chi connectivity index (χ1) is 10.6. The van der Waals surface area contributed by atoms with Gasteiger partial charge in [0.25, 0.3) is 0 Å². The maximum absolute atomic E-state index is 12.1. The molecule has 0 aliphatic carbocycles. The molecule has 1 aromatic heterocycles. The van der Waals surface area contributed by atoms with Crippen LogP contribution < -0.4 is 10.6 Å². The van der Waals surface area contributed by atoms with Crippen LogP contribution in [0.15, 0.2) is 0 Å². The summed E-state index contributed by atoms with van der Waals surface area (Å²) in [6.07, 6.45) is -0.252. The topological polar surface area (TPSA) is 76.6 Å². The van der Waals surface area contributed by atoms with Crippen LogP contribution in [0.2, 0.25) is 0 Å². The Balaban J connectivity index is 2.04. The van der Waals surface area contributed by atoms with Crippen LogP contribution in [0.25, 0.3) is 0 Å². The second kappa shape index (κ2) is 6.29. The SMILES string of the molecule is CC(C)c1nn(C)c(N2CCN(C(=O)OC(C)(C)C)CC2)c1N. The van der Waals surface area contributed by atoms with Crippen molar-refractivity contribution in [3.8, 4) is 0 Å². The number of anilines is 2. The van der Waals surface area contributed by atoms with Crippen molar-refractivity contribution in [2.45, 2.75) is 46.1 Å². The maximum atomic E-state index is 12.1. The van der Waals surface area contributed by atoms with Crippen LogP contribution in [0.5, 0.6) is 0 Å². The summed E-state index contributed by atoms with van der Waals surface area (Å²) in [6.45, 7) is 12.5. The van der Waals surface area contributed by atoms with Gasteiger partial charge in [0, 0.05) is 33.2 Å². The van der Waals surface area contributed by atoms with Crippen molar-refractivity contribution in [3.05, 3.63) is 5.69 Å². The number of amides is 1. The van der Waals surface area contributed by atoms with Crippen molar-refractivity contribution >= 4 is 17.6 Å². The molecule has 0 bridgehead atoms. The third-order valence-electron chi connectivity index (χ3n) is 3.86. The van der Waals surface area contributed by atoms with E-state index in [9.17, 15) is 4.79 Å². The van der Waals surface area contributed by atoms with Gasteiger partial charge in [-0.15, -0.1) is 0 Å². The lowest BCUT2D eigenvalue weighted by Gasteiger charge is -2.36. The van der Waals surface area contributed by atoms with E-state index < -0.39 is 5.60 Å². The molecular weight excluding hydrogens is 294 g/mol. The number of ether oxygens (including phenoxy) is 1. The van der Waals surface area contributed by atoms with Crippen molar-refractivity contribution in [3.63, 3.8) is 0 Å². The Labute approximate surface area is 138 Å². The predicted octanol–water partition coefficient (Wildman–Crippen LogP) is 2.18. The Bertz CT molecular complexity index is 566. The van der Waals surface area contributed by atoms with Crippen LogP contribution >= 0.6 is 0 Å². The van der Waals surface area contributed by atoms with Gasteiger partial charge in [0.15, 0.2) is 5.82 Å². The standard InChI is InChI=1S/C16H29N5O2/c1-11(2)13-12(17)14(19(6)18-13)20-7-9-21(10-8-20)15(22)23-16(3,4)5/h11H,7-10,17H2,1-6H3. The van der Waals surface area contributed by atoms with Gasteiger partial charge in [-0.1, -0.05) is 13.8 Å². The zero-order valence-corrected chi connectivity index (χ0v) is 15.1. The molecule has 0 unspecified atom stereocenters. The van der Waals surface area contributed by atoms with E-state index in [1.807, 2.05) is 32.5 Å². The van der Waals surface area contributed by atoms with Gasteiger partial charge in [-0.3, -0.25) is 4.68 Å². The molecule has 2 heterocycles. The van der Waals surface area contributed by atoms with Crippen LogP contribution in [-0.2, 0) is 11.8 Å². The fourth-order valence-corrected chi connectivity index (χ4v) is 2.78. The van der Waals surface area contributed by atoms with Crippen molar-refractivity contribution in [1.29, 1.82) is 0 Å². The number of nitrogen functional groups attached to an aromatic ring is 1. The highest BCUT2D eigenvalue weighted by Crippen LogP contribution is 2.31. The van der Waals surface area contributed by atoms with Crippen molar-refractivity contribution in [1.82, 2.24) is 14.7 Å². The molecule has 0 spiro atoms. The summed E-state index contributed by atoms with van der Waals surface area (Å²) in [5, 5.41) is 4.53. The molecule has 130 valence electrons. The largest absolute Gasteiger partial charge is 0.444 e. The maximum Gasteiger partial charge on any atom is 0.410 e. The smallest absolute Gasteiger partial charge is 0.410 e. The number of piperazine rings is 1.